The van der Waals surface area contributed by atoms with Crippen molar-refractivity contribution in [3.63, 3.8) is 0 Å². The van der Waals surface area contributed by atoms with E-state index in [1.54, 1.807) is 4.90 Å². The van der Waals surface area contributed by atoms with Gasteiger partial charge in [-0.1, -0.05) is 60.7 Å². The molecule has 0 aliphatic heterocycles. The van der Waals surface area contributed by atoms with Crippen LogP contribution in [-0.4, -0.2) is 30.9 Å². The van der Waals surface area contributed by atoms with Gasteiger partial charge in [-0.3, -0.25) is 4.79 Å². The van der Waals surface area contributed by atoms with Crippen LogP contribution in [-0.2, 0) is 23.1 Å². The molecule has 0 atom stereocenters. The molecule has 0 aliphatic carbocycles. The van der Waals surface area contributed by atoms with E-state index in [9.17, 15) is 18.3 Å². The summed E-state index contributed by atoms with van der Waals surface area (Å²) in [6.45, 7) is 2.73. The Hall–Kier alpha value is -3.16. The summed E-state index contributed by atoms with van der Waals surface area (Å²) < 4.78 is 27.9. The van der Waals surface area contributed by atoms with Crippen LogP contribution in [0.25, 0.3) is 0 Å². The Morgan fingerprint density at radius 1 is 0.933 bits per heavy atom. The Morgan fingerprint density at radius 3 is 2.13 bits per heavy atom. The van der Waals surface area contributed by atoms with E-state index in [1.165, 1.54) is 18.2 Å². The normalized spacial score (nSPS) is 11.2. The number of sulfonamides is 1. The highest BCUT2D eigenvalue weighted by Crippen LogP contribution is 2.24. The average molecular weight is 425 g/mol. The molecule has 6 nitrogen and oxygen atoms in total. The molecule has 156 valence electrons. The highest BCUT2D eigenvalue weighted by atomic mass is 32.2. The van der Waals surface area contributed by atoms with Gasteiger partial charge in [-0.25, -0.2) is 13.1 Å². The van der Waals surface area contributed by atoms with Crippen LogP contribution in [0, 0.1) is 0 Å². The molecule has 0 bridgehead atoms. The first-order valence-corrected chi connectivity index (χ1v) is 11.1. The highest BCUT2D eigenvalue weighted by molar-refractivity contribution is 7.89. The lowest BCUT2D eigenvalue weighted by molar-refractivity contribution is 0.0749. The number of nitrogens with one attached hydrogen (secondary N) is 1. The van der Waals surface area contributed by atoms with Crippen LogP contribution in [0.3, 0.4) is 0 Å². The summed E-state index contributed by atoms with van der Waals surface area (Å²) in [7, 11) is -3.85. The number of benzene rings is 3. The van der Waals surface area contributed by atoms with Gasteiger partial charge in [-0.2, -0.15) is 0 Å². The number of phenolic OH excluding ortho intramolecular Hbond substituents is 1. The second-order valence-corrected chi connectivity index (χ2v) is 8.56. The topological polar surface area (TPSA) is 86.7 Å². The predicted molar refractivity (Wildman–Crippen MR) is 115 cm³/mol. The lowest BCUT2D eigenvalue weighted by atomic mass is 10.1. The van der Waals surface area contributed by atoms with Gasteiger partial charge in [-0.05, 0) is 36.2 Å². The van der Waals surface area contributed by atoms with Gasteiger partial charge in [0.25, 0.3) is 5.91 Å². The molecule has 3 rings (SSSR count). The molecule has 0 radical (unpaired) electrons. The van der Waals surface area contributed by atoms with Crippen molar-refractivity contribution in [3.05, 3.63) is 95.6 Å². The second kappa shape index (κ2) is 9.56. The van der Waals surface area contributed by atoms with Crippen molar-refractivity contribution in [2.45, 2.75) is 24.9 Å². The zero-order chi connectivity index (χ0) is 21.6. The van der Waals surface area contributed by atoms with Gasteiger partial charge in [0.1, 0.15) is 5.75 Å². The maximum atomic E-state index is 13.0. The fourth-order valence-corrected chi connectivity index (χ4v) is 4.06. The van der Waals surface area contributed by atoms with E-state index in [0.29, 0.717) is 13.1 Å². The number of phenols is 1. The van der Waals surface area contributed by atoms with Gasteiger partial charge in [0.2, 0.25) is 10.0 Å². The van der Waals surface area contributed by atoms with E-state index in [0.717, 1.165) is 11.1 Å². The first-order valence-electron chi connectivity index (χ1n) is 9.60. The quantitative estimate of drug-likeness (QED) is 0.579. The Bertz CT molecular complexity index is 1100. The molecule has 0 spiro atoms. The standard InChI is InChI=1S/C23H24N2O4S/c1-2-25(17-19-11-7-4-8-12-19)23(27)21-15-20(13-14-22(21)26)30(28,29)24-16-18-9-5-3-6-10-18/h3-15,24,26H,2,16-17H2,1H3. The minimum atomic E-state index is -3.85. The third-order valence-electron chi connectivity index (χ3n) is 4.70. The Morgan fingerprint density at radius 2 is 1.53 bits per heavy atom. The largest absolute Gasteiger partial charge is 0.507 e. The highest BCUT2D eigenvalue weighted by Gasteiger charge is 2.22. The van der Waals surface area contributed by atoms with E-state index < -0.39 is 15.9 Å². The summed E-state index contributed by atoms with van der Waals surface area (Å²) in [5.41, 5.74) is 1.71. The number of carbonyl (C=O) groups is 1. The molecule has 0 unspecified atom stereocenters. The van der Waals surface area contributed by atoms with Crippen LogP contribution < -0.4 is 4.72 Å². The molecular weight excluding hydrogens is 400 g/mol. The number of aromatic hydroxyl groups is 1. The van der Waals surface area contributed by atoms with Gasteiger partial charge < -0.3 is 10.0 Å². The molecule has 7 heteroatoms. The van der Waals surface area contributed by atoms with Crippen molar-refractivity contribution < 1.29 is 18.3 Å². The van der Waals surface area contributed by atoms with Crippen molar-refractivity contribution in [1.82, 2.24) is 9.62 Å². The lowest BCUT2D eigenvalue weighted by Gasteiger charge is -2.22. The minimum absolute atomic E-state index is 0.0460. The fraction of sp³-hybridized carbons (Fsp3) is 0.174. The molecular formula is C23H24N2O4S. The first-order chi connectivity index (χ1) is 14.4. The molecule has 0 aromatic heterocycles. The number of hydrogen-bond donors (Lipinski definition) is 2. The zero-order valence-electron chi connectivity index (χ0n) is 16.7. The summed E-state index contributed by atoms with van der Waals surface area (Å²) in [6, 6.07) is 22.4. The number of nitrogens with zero attached hydrogens (tertiary/aromatic N) is 1. The monoisotopic (exact) mass is 424 g/mol. The van der Waals surface area contributed by atoms with Crippen molar-refractivity contribution >= 4 is 15.9 Å². The first kappa shape index (κ1) is 21.5. The van der Waals surface area contributed by atoms with Crippen LogP contribution >= 0.6 is 0 Å². The molecule has 0 aliphatic rings. The Labute approximate surface area is 176 Å². The van der Waals surface area contributed by atoms with Crippen LogP contribution in [0.5, 0.6) is 5.75 Å². The Kier molecular flexibility index (Phi) is 6.87. The van der Waals surface area contributed by atoms with E-state index in [2.05, 4.69) is 4.72 Å². The average Bonchev–Trinajstić information content (AvgIpc) is 2.77. The van der Waals surface area contributed by atoms with Gasteiger partial charge in [-0.15, -0.1) is 0 Å². The smallest absolute Gasteiger partial charge is 0.257 e. The van der Waals surface area contributed by atoms with E-state index in [1.807, 2.05) is 67.6 Å². The molecule has 2 N–H and O–H groups in total. The number of hydrogen-bond acceptors (Lipinski definition) is 4. The summed E-state index contributed by atoms with van der Waals surface area (Å²) in [5.74, 6) is -0.688. The predicted octanol–water partition coefficient (Wildman–Crippen LogP) is 3.53. The maximum Gasteiger partial charge on any atom is 0.257 e. The van der Waals surface area contributed by atoms with Crippen molar-refractivity contribution in [1.29, 1.82) is 0 Å². The maximum absolute atomic E-state index is 13.0. The molecule has 0 fully saturated rings. The summed E-state index contributed by atoms with van der Waals surface area (Å²) >= 11 is 0. The van der Waals surface area contributed by atoms with Crippen LogP contribution in [0.15, 0.2) is 83.8 Å². The molecule has 30 heavy (non-hydrogen) atoms. The summed E-state index contributed by atoms with van der Waals surface area (Å²) in [5, 5.41) is 10.2. The van der Waals surface area contributed by atoms with Crippen LogP contribution in [0.2, 0.25) is 0 Å². The third kappa shape index (κ3) is 5.25. The van der Waals surface area contributed by atoms with E-state index in [-0.39, 0.29) is 22.8 Å². The Balaban J connectivity index is 1.82. The SMILES string of the molecule is CCN(Cc1ccccc1)C(=O)c1cc(S(=O)(=O)NCc2ccccc2)ccc1O. The third-order valence-corrected chi connectivity index (χ3v) is 6.10. The molecule has 1 amide bonds. The summed E-state index contributed by atoms with van der Waals surface area (Å²) in [4.78, 5) is 14.5. The molecule has 0 heterocycles. The van der Waals surface area contributed by atoms with Crippen LogP contribution in [0.4, 0.5) is 0 Å². The molecule has 3 aromatic carbocycles. The van der Waals surface area contributed by atoms with Crippen molar-refractivity contribution in [2.24, 2.45) is 0 Å². The van der Waals surface area contributed by atoms with Crippen molar-refractivity contribution in [2.75, 3.05) is 6.54 Å². The van der Waals surface area contributed by atoms with Gasteiger partial charge in [0, 0.05) is 19.6 Å². The molecule has 0 saturated carbocycles. The van der Waals surface area contributed by atoms with Crippen molar-refractivity contribution in [3.8, 4) is 5.75 Å². The minimum Gasteiger partial charge on any atom is -0.507 e. The van der Waals surface area contributed by atoms with E-state index in [4.69, 9.17) is 0 Å². The van der Waals surface area contributed by atoms with E-state index >= 15 is 0 Å². The molecule has 3 aromatic rings. The number of rotatable bonds is 8. The number of carbonyl (C=O) groups excluding carboxylic acids is 1. The van der Waals surface area contributed by atoms with Gasteiger partial charge in [0.15, 0.2) is 0 Å². The molecule has 0 saturated heterocycles. The second-order valence-electron chi connectivity index (χ2n) is 6.79. The summed E-state index contributed by atoms with van der Waals surface area (Å²) in [6.07, 6.45) is 0. The lowest BCUT2D eigenvalue weighted by Crippen LogP contribution is -2.30. The zero-order valence-corrected chi connectivity index (χ0v) is 17.5. The van der Waals surface area contributed by atoms with Gasteiger partial charge in [0.05, 0.1) is 10.5 Å². The number of amides is 1. The fourth-order valence-electron chi connectivity index (χ4n) is 3.01. The van der Waals surface area contributed by atoms with Crippen LogP contribution in [0.1, 0.15) is 28.4 Å². The van der Waals surface area contributed by atoms with Gasteiger partial charge >= 0.3 is 0 Å².